The molecule has 1 N–H and O–H groups in total. The zero-order valence-electron chi connectivity index (χ0n) is 8.93. The van der Waals surface area contributed by atoms with E-state index < -0.39 is 0 Å². The summed E-state index contributed by atoms with van der Waals surface area (Å²) in [5.74, 6) is 0.178. The number of amides is 2. The van der Waals surface area contributed by atoms with E-state index in [2.05, 4.69) is 10.3 Å². The number of hydrogen-bond donors (Lipinski definition) is 1. The number of hydrogen-bond acceptors (Lipinski definition) is 3. The molecule has 2 heterocycles. The van der Waals surface area contributed by atoms with E-state index in [0.29, 0.717) is 19.5 Å². The van der Waals surface area contributed by atoms with Gasteiger partial charge in [0.05, 0.1) is 0 Å². The summed E-state index contributed by atoms with van der Waals surface area (Å²) in [6.45, 7) is 1.86. The molecule has 1 aliphatic heterocycles. The van der Waals surface area contributed by atoms with Crippen molar-refractivity contribution >= 4 is 11.9 Å². The van der Waals surface area contributed by atoms with Gasteiger partial charge < -0.3 is 10.2 Å². The van der Waals surface area contributed by atoms with Crippen LogP contribution in [0.3, 0.4) is 0 Å². The van der Waals surface area contributed by atoms with Crippen molar-refractivity contribution in [2.45, 2.75) is 12.8 Å². The number of rotatable bonds is 3. The fourth-order valence-electron chi connectivity index (χ4n) is 1.71. The smallest absolute Gasteiger partial charge is 0.326 e. The van der Waals surface area contributed by atoms with Gasteiger partial charge in [0.15, 0.2) is 0 Å². The minimum Gasteiger partial charge on any atom is -0.341 e. The Morgan fingerprint density at radius 3 is 3.06 bits per heavy atom. The maximum atomic E-state index is 11.5. The van der Waals surface area contributed by atoms with Gasteiger partial charge in [0.25, 0.3) is 0 Å². The van der Waals surface area contributed by atoms with Gasteiger partial charge in [-0.3, -0.25) is 9.36 Å². The van der Waals surface area contributed by atoms with Gasteiger partial charge in [0.2, 0.25) is 5.91 Å². The number of carbonyl (C=O) groups is 2. The highest BCUT2D eigenvalue weighted by atomic mass is 16.2. The Morgan fingerprint density at radius 1 is 1.56 bits per heavy atom. The zero-order chi connectivity index (χ0) is 11.4. The lowest BCUT2D eigenvalue weighted by molar-refractivity contribution is -0.127. The van der Waals surface area contributed by atoms with E-state index in [1.807, 2.05) is 0 Å². The van der Waals surface area contributed by atoms with Crippen molar-refractivity contribution in [3.8, 4) is 0 Å². The van der Waals surface area contributed by atoms with Crippen LogP contribution in [0.2, 0.25) is 0 Å². The molecule has 2 amide bonds. The van der Waals surface area contributed by atoms with Crippen LogP contribution < -0.4 is 5.32 Å². The first-order chi connectivity index (χ1) is 7.77. The minimum atomic E-state index is -0.218. The van der Waals surface area contributed by atoms with Crippen LogP contribution in [-0.4, -0.2) is 46.0 Å². The fourth-order valence-corrected chi connectivity index (χ4v) is 1.71. The lowest BCUT2D eigenvalue weighted by Crippen LogP contribution is -2.37. The Labute approximate surface area is 93.3 Å². The van der Waals surface area contributed by atoms with Crippen molar-refractivity contribution < 1.29 is 9.59 Å². The Kier molecular flexibility index (Phi) is 3.19. The topological polar surface area (TPSA) is 67.2 Å². The van der Waals surface area contributed by atoms with Crippen molar-refractivity contribution in [2.75, 3.05) is 19.6 Å². The van der Waals surface area contributed by atoms with E-state index in [1.165, 1.54) is 10.9 Å². The Balaban J connectivity index is 1.72. The molecular weight excluding hydrogens is 208 g/mol. The fraction of sp³-hybridized carbons (Fsp3) is 0.500. The lowest BCUT2D eigenvalue weighted by atomic mass is 10.4. The lowest BCUT2D eigenvalue weighted by Gasteiger charge is -2.15. The third-order valence-corrected chi connectivity index (χ3v) is 2.57. The van der Waals surface area contributed by atoms with Crippen LogP contribution >= 0.6 is 0 Å². The maximum Gasteiger partial charge on any atom is 0.326 e. The van der Waals surface area contributed by atoms with Crippen LogP contribution in [-0.2, 0) is 4.79 Å². The van der Waals surface area contributed by atoms with Crippen LogP contribution in [0.1, 0.15) is 12.8 Å². The van der Waals surface area contributed by atoms with Crippen molar-refractivity contribution in [1.29, 1.82) is 0 Å². The largest absolute Gasteiger partial charge is 0.341 e. The molecular formula is C10H14N4O2. The molecule has 1 aliphatic rings. The monoisotopic (exact) mass is 222 g/mol. The molecule has 1 saturated heterocycles. The van der Waals surface area contributed by atoms with Crippen LogP contribution in [0.15, 0.2) is 18.7 Å². The Hall–Kier alpha value is -1.85. The summed E-state index contributed by atoms with van der Waals surface area (Å²) < 4.78 is 1.37. The van der Waals surface area contributed by atoms with Gasteiger partial charge >= 0.3 is 6.03 Å². The SMILES string of the molecule is O=C1CCCN1CCNC(=O)n1ccnc1. The van der Waals surface area contributed by atoms with E-state index in [1.54, 1.807) is 17.3 Å². The first-order valence-corrected chi connectivity index (χ1v) is 5.31. The first-order valence-electron chi connectivity index (χ1n) is 5.31. The average molecular weight is 222 g/mol. The van der Waals surface area contributed by atoms with Crippen molar-refractivity contribution in [3.05, 3.63) is 18.7 Å². The maximum absolute atomic E-state index is 11.5. The van der Waals surface area contributed by atoms with E-state index >= 15 is 0 Å². The van der Waals surface area contributed by atoms with Gasteiger partial charge in [-0.15, -0.1) is 0 Å². The quantitative estimate of drug-likeness (QED) is 0.786. The summed E-state index contributed by atoms with van der Waals surface area (Å²) >= 11 is 0. The molecule has 0 bridgehead atoms. The second kappa shape index (κ2) is 4.78. The van der Waals surface area contributed by atoms with Crippen LogP contribution in [0.25, 0.3) is 0 Å². The van der Waals surface area contributed by atoms with Crippen molar-refractivity contribution in [3.63, 3.8) is 0 Å². The van der Waals surface area contributed by atoms with Crippen molar-refractivity contribution in [1.82, 2.24) is 19.8 Å². The summed E-state index contributed by atoms with van der Waals surface area (Å²) in [6, 6.07) is -0.218. The molecule has 0 spiro atoms. The molecule has 16 heavy (non-hydrogen) atoms. The molecule has 0 aliphatic carbocycles. The molecule has 0 unspecified atom stereocenters. The third kappa shape index (κ3) is 2.39. The van der Waals surface area contributed by atoms with E-state index in [0.717, 1.165) is 13.0 Å². The predicted molar refractivity (Wildman–Crippen MR) is 56.8 cm³/mol. The second-order valence-corrected chi connectivity index (χ2v) is 3.69. The summed E-state index contributed by atoms with van der Waals surface area (Å²) in [4.78, 5) is 28.3. The Bertz CT molecular complexity index is 374. The molecule has 1 aromatic rings. The van der Waals surface area contributed by atoms with Gasteiger partial charge in [-0.2, -0.15) is 0 Å². The highest BCUT2D eigenvalue weighted by Crippen LogP contribution is 2.07. The highest BCUT2D eigenvalue weighted by Gasteiger charge is 2.19. The van der Waals surface area contributed by atoms with Gasteiger partial charge in [-0.1, -0.05) is 0 Å². The molecule has 2 rings (SSSR count). The molecule has 6 nitrogen and oxygen atoms in total. The van der Waals surface area contributed by atoms with Crippen LogP contribution in [0, 0.1) is 0 Å². The Morgan fingerprint density at radius 2 is 2.44 bits per heavy atom. The van der Waals surface area contributed by atoms with Gasteiger partial charge in [0.1, 0.15) is 6.33 Å². The standard InChI is InChI=1S/C10H14N4O2/c15-9-2-1-5-13(9)7-4-12-10(16)14-6-3-11-8-14/h3,6,8H,1-2,4-5,7H2,(H,12,16). The molecule has 0 radical (unpaired) electrons. The molecule has 86 valence electrons. The number of carbonyl (C=O) groups excluding carboxylic acids is 2. The summed E-state index contributed by atoms with van der Waals surface area (Å²) in [7, 11) is 0. The molecule has 1 aromatic heterocycles. The van der Waals surface area contributed by atoms with Gasteiger partial charge in [0, 0.05) is 38.4 Å². The minimum absolute atomic E-state index is 0.178. The molecule has 0 aromatic carbocycles. The molecule has 1 fully saturated rings. The second-order valence-electron chi connectivity index (χ2n) is 3.69. The van der Waals surface area contributed by atoms with Gasteiger partial charge in [-0.25, -0.2) is 9.78 Å². The number of imidazole rings is 1. The number of nitrogens with zero attached hydrogens (tertiary/aromatic N) is 3. The number of aromatic nitrogens is 2. The van der Waals surface area contributed by atoms with Crippen molar-refractivity contribution in [2.24, 2.45) is 0 Å². The van der Waals surface area contributed by atoms with Gasteiger partial charge in [-0.05, 0) is 6.42 Å². The highest BCUT2D eigenvalue weighted by molar-refractivity contribution is 5.78. The van der Waals surface area contributed by atoms with E-state index in [4.69, 9.17) is 0 Å². The third-order valence-electron chi connectivity index (χ3n) is 2.57. The first kappa shape index (κ1) is 10.7. The van der Waals surface area contributed by atoms with E-state index in [9.17, 15) is 9.59 Å². The number of likely N-dealkylation sites (tertiary alicyclic amines) is 1. The molecule has 0 saturated carbocycles. The summed E-state index contributed by atoms with van der Waals surface area (Å²) in [5.41, 5.74) is 0. The predicted octanol–water partition coefficient (Wildman–Crippen LogP) is 0.0632. The molecule has 6 heteroatoms. The van der Waals surface area contributed by atoms with Crippen LogP contribution in [0.4, 0.5) is 4.79 Å². The normalized spacial score (nSPS) is 15.5. The average Bonchev–Trinajstić information content (AvgIpc) is 2.90. The summed E-state index contributed by atoms with van der Waals surface area (Å²) in [6.07, 6.45) is 6.13. The zero-order valence-corrected chi connectivity index (χ0v) is 8.93. The van der Waals surface area contributed by atoms with Crippen LogP contribution in [0.5, 0.6) is 0 Å². The van der Waals surface area contributed by atoms with E-state index in [-0.39, 0.29) is 11.9 Å². The molecule has 0 atom stereocenters. The summed E-state index contributed by atoms with van der Waals surface area (Å²) in [5, 5.41) is 2.72. The number of nitrogens with one attached hydrogen (secondary N) is 1.